The van der Waals surface area contributed by atoms with E-state index in [1.807, 2.05) is 0 Å². The third-order valence-electron chi connectivity index (χ3n) is 9.18. The number of hydrogen-bond donors (Lipinski definition) is 1. The Morgan fingerprint density at radius 3 is 1.98 bits per heavy atom. The fraction of sp³-hybridized carbons (Fsp3) is 0.516. The molecule has 3 fully saturated rings. The highest BCUT2D eigenvalue weighted by atomic mass is 35.5. The van der Waals surface area contributed by atoms with Gasteiger partial charge in [-0.15, -0.1) is 13.2 Å². The average Bonchev–Trinajstić information content (AvgIpc) is 3.42. The predicted molar refractivity (Wildman–Crippen MR) is 148 cm³/mol. The first-order valence-corrected chi connectivity index (χ1v) is 14.4. The lowest BCUT2D eigenvalue weighted by Crippen LogP contribution is -2.53. The van der Waals surface area contributed by atoms with Gasteiger partial charge in [0, 0.05) is 11.1 Å². The van der Waals surface area contributed by atoms with Crippen LogP contribution in [0.2, 0.25) is 5.02 Å². The molecule has 2 heterocycles. The van der Waals surface area contributed by atoms with Crippen LogP contribution in [0.3, 0.4) is 0 Å². The zero-order chi connectivity index (χ0) is 30.6. The maximum absolute atomic E-state index is 14.4. The molecule has 2 aromatic rings. The number of nitrogens with zero attached hydrogens (tertiary/aromatic N) is 1. The van der Waals surface area contributed by atoms with Gasteiger partial charge in [0.2, 0.25) is 11.8 Å². The molecule has 4 atom stereocenters. The molecule has 1 saturated carbocycles. The zero-order valence-electron chi connectivity index (χ0n) is 23.8. The number of hydrogen-bond acceptors (Lipinski definition) is 6. The number of esters is 1. The molecule has 2 saturated heterocycles. The summed E-state index contributed by atoms with van der Waals surface area (Å²) in [4.78, 5) is 43.0. The van der Waals surface area contributed by atoms with Gasteiger partial charge in [-0.2, -0.15) is 0 Å². The molecule has 2 aliphatic heterocycles. The van der Waals surface area contributed by atoms with Gasteiger partial charge in [0.05, 0.1) is 24.5 Å². The molecule has 2 aromatic carbocycles. The maximum atomic E-state index is 14.4. The highest BCUT2D eigenvalue weighted by molar-refractivity contribution is 6.30. The van der Waals surface area contributed by atoms with Gasteiger partial charge in [0.15, 0.2) is 0 Å². The van der Waals surface area contributed by atoms with E-state index in [-0.39, 0.29) is 11.5 Å². The largest absolute Gasteiger partial charge is 0.573 e. The van der Waals surface area contributed by atoms with Crippen LogP contribution in [0.15, 0.2) is 48.5 Å². The number of likely N-dealkylation sites (tertiary alicyclic amines) is 1. The summed E-state index contributed by atoms with van der Waals surface area (Å²) in [5.41, 5.74) is -0.432. The van der Waals surface area contributed by atoms with E-state index in [0.29, 0.717) is 34.9 Å². The molecular formula is C31H34ClF3N2O5. The Kier molecular flexibility index (Phi) is 7.85. The highest BCUT2D eigenvalue weighted by Gasteiger charge is 2.68. The van der Waals surface area contributed by atoms with Crippen LogP contribution >= 0.6 is 11.6 Å². The number of nitrogens with one attached hydrogen (secondary N) is 1. The second-order valence-electron chi connectivity index (χ2n) is 12.5. The van der Waals surface area contributed by atoms with Crippen molar-refractivity contribution in [1.82, 2.24) is 10.2 Å². The first kappa shape index (κ1) is 30.4. The fourth-order valence-electron chi connectivity index (χ4n) is 7.15. The van der Waals surface area contributed by atoms with E-state index in [0.717, 1.165) is 25.0 Å². The molecule has 42 heavy (non-hydrogen) atoms. The summed E-state index contributed by atoms with van der Waals surface area (Å²) < 4.78 is 47.8. The summed E-state index contributed by atoms with van der Waals surface area (Å²) in [6.07, 6.45) is -1.84. The van der Waals surface area contributed by atoms with Crippen molar-refractivity contribution in [2.75, 3.05) is 7.11 Å². The number of rotatable bonds is 5. The SMILES string of the molecule is COC(=O)[C@@H]1N[C@](c2ccc(Cl)cc2)(c2ccc(OC(F)(F)F)cc2)[C@H]2C(=O)N(C3CCC(C(C)(C)C)CC3)C(=O)[C@@H]12. The van der Waals surface area contributed by atoms with Crippen molar-refractivity contribution in [3.8, 4) is 5.75 Å². The zero-order valence-corrected chi connectivity index (χ0v) is 24.6. The van der Waals surface area contributed by atoms with E-state index >= 15 is 0 Å². The Morgan fingerprint density at radius 1 is 0.929 bits per heavy atom. The van der Waals surface area contributed by atoms with Gasteiger partial charge in [-0.1, -0.05) is 56.6 Å². The van der Waals surface area contributed by atoms with Crippen LogP contribution in [0.1, 0.15) is 57.6 Å². The molecule has 1 N–H and O–H groups in total. The van der Waals surface area contributed by atoms with Crippen LogP contribution < -0.4 is 10.1 Å². The fourth-order valence-corrected chi connectivity index (χ4v) is 7.27. The number of benzene rings is 2. The minimum absolute atomic E-state index is 0.103. The second-order valence-corrected chi connectivity index (χ2v) is 12.9. The smallest absolute Gasteiger partial charge is 0.468 e. The van der Waals surface area contributed by atoms with Crippen LogP contribution in [0, 0.1) is 23.2 Å². The first-order chi connectivity index (χ1) is 19.7. The van der Waals surface area contributed by atoms with Crippen molar-refractivity contribution in [2.45, 2.75) is 70.4 Å². The topological polar surface area (TPSA) is 84.9 Å². The van der Waals surface area contributed by atoms with Gasteiger partial charge in [-0.3, -0.25) is 24.6 Å². The molecule has 11 heteroatoms. The third-order valence-corrected chi connectivity index (χ3v) is 9.43. The predicted octanol–water partition coefficient (Wildman–Crippen LogP) is 5.83. The Hall–Kier alpha value is -3.11. The Morgan fingerprint density at radius 2 is 1.48 bits per heavy atom. The highest BCUT2D eigenvalue weighted by Crippen LogP contribution is 2.53. The summed E-state index contributed by atoms with van der Waals surface area (Å²) in [7, 11) is 1.21. The molecular weight excluding hydrogens is 573 g/mol. The maximum Gasteiger partial charge on any atom is 0.573 e. The molecule has 0 spiro atoms. The molecule has 1 aliphatic carbocycles. The van der Waals surface area contributed by atoms with Crippen LogP contribution in [-0.2, 0) is 24.7 Å². The van der Waals surface area contributed by atoms with Crippen molar-refractivity contribution in [3.05, 3.63) is 64.7 Å². The number of fused-ring (bicyclic) bond motifs is 1. The van der Waals surface area contributed by atoms with Gasteiger partial charge >= 0.3 is 12.3 Å². The van der Waals surface area contributed by atoms with E-state index in [1.165, 1.54) is 24.1 Å². The normalized spacial score (nSPS) is 29.9. The van der Waals surface area contributed by atoms with Crippen LogP contribution in [0.4, 0.5) is 13.2 Å². The number of methoxy groups -OCH3 is 1. The summed E-state index contributed by atoms with van der Waals surface area (Å²) in [6.45, 7) is 6.56. The Bertz CT molecular complexity index is 1350. The first-order valence-electron chi connectivity index (χ1n) is 14.0. The minimum Gasteiger partial charge on any atom is -0.468 e. The van der Waals surface area contributed by atoms with E-state index < -0.39 is 53.3 Å². The molecule has 7 nitrogen and oxygen atoms in total. The number of alkyl halides is 3. The summed E-state index contributed by atoms with van der Waals surface area (Å²) >= 11 is 6.18. The average molecular weight is 607 g/mol. The molecule has 0 radical (unpaired) electrons. The number of carbonyl (C=O) groups excluding carboxylic acids is 3. The van der Waals surface area contributed by atoms with Crippen molar-refractivity contribution < 1.29 is 37.0 Å². The van der Waals surface area contributed by atoms with Crippen LogP contribution in [0.25, 0.3) is 0 Å². The van der Waals surface area contributed by atoms with Gasteiger partial charge < -0.3 is 9.47 Å². The van der Waals surface area contributed by atoms with Crippen molar-refractivity contribution in [3.63, 3.8) is 0 Å². The van der Waals surface area contributed by atoms with E-state index in [9.17, 15) is 27.6 Å². The Balaban J connectivity index is 1.61. The summed E-state index contributed by atoms with van der Waals surface area (Å²) in [6, 6.07) is 10.2. The van der Waals surface area contributed by atoms with Crippen molar-refractivity contribution in [2.24, 2.45) is 23.2 Å². The van der Waals surface area contributed by atoms with Crippen LogP contribution in [-0.4, -0.2) is 48.2 Å². The van der Waals surface area contributed by atoms with Gasteiger partial charge in [0.25, 0.3) is 0 Å². The summed E-state index contributed by atoms with van der Waals surface area (Å²) in [5.74, 6) is -3.71. The molecule has 5 rings (SSSR count). The lowest BCUT2D eigenvalue weighted by atomic mass is 9.71. The molecule has 2 amide bonds. The lowest BCUT2D eigenvalue weighted by molar-refractivity contribution is -0.274. The van der Waals surface area contributed by atoms with Gasteiger partial charge in [0.1, 0.15) is 11.8 Å². The van der Waals surface area contributed by atoms with Crippen LogP contribution in [0.5, 0.6) is 5.75 Å². The van der Waals surface area contributed by atoms with E-state index in [2.05, 4.69) is 30.8 Å². The number of imide groups is 1. The monoisotopic (exact) mass is 606 g/mol. The molecule has 3 aliphatic rings. The molecule has 226 valence electrons. The number of ether oxygens (including phenoxy) is 2. The third kappa shape index (κ3) is 5.28. The molecule has 0 bridgehead atoms. The molecule has 0 aromatic heterocycles. The minimum atomic E-state index is -4.89. The van der Waals surface area contributed by atoms with Gasteiger partial charge in [-0.25, -0.2) is 0 Å². The lowest BCUT2D eigenvalue weighted by Gasteiger charge is -2.41. The molecule has 0 unspecified atom stereocenters. The van der Waals surface area contributed by atoms with E-state index in [1.54, 1.807) is 24.3 Å². The second kappa shape index (κ2) is 10.9. The van der Waals surface area contributed by atoms with E-state index in [4.69, 9.17) is 16.3 Å². The van der Waals surface area contributed by atoms with Crippen molar-refractivity contribution >= 4 is 29.4 Å². The van der Waals surface area contributed by atoms with Gasteiger partial charge in [-0.05, 0) is 72.4 Å². The standard InChI is InChI=1S/C31H34ClF3N2O5/c1-29(2,3)17-7-13-21(14-8-17)37-26(38)23-24(27(37)39)30(36-25(23)28(40)41-4,18-5-11-20(32)12-6-18)19-9-15-22(16-10-19)42-31(33,34)35/h5-6,9-12,15-17,21,23-25,36H,7-8,13-14H2,1-4H3/t17?,21?,23-,24-,25-,30-/m1/s1. The number of amides is 2. The Labute approximate surface area is 247 Å². The quantitative estimate of drug-likeness (QED) is 0.340. The van der Waals surface area contributed by atoms with Crippen molar-refractivity contribution in [1.29, 1.82) is 0 Å². The number of carbonyl (C=O) groups is 3. The number of halogens is 4. The summed E-state index contributed by atoms with van der Waals surface area (Å²) in [5, 5.41) is 3.66.